The van der Waals surface area contributed by atoms with E-state index < -0.39 is 0 Å². The van der Waals surface area contributed by atoms with Crippen LogP contribution >= 0.6 is 0 Å². The summed E-state index contributed by atoms with van der Waals surface area (Å²) in [6.07, 6.45) is 1.95. The van der Waals surface area contributed by atoms with Crippen LogP contribution in [-0.2, 0) is 18.6 Å². The van der Waals surface area contributed by atoms with Gasteiger partial charge < -0.3 is 18.8 Å². The third kappa shape index (κ3) is 5.71. The third-order valence-corrected chi connectivity index (χ3v) is 5.92. The van der Waals surface area contributed by atoms with E-state index in [4.69, 9.17) is 19.2 Å². The SMILES string of the molecule is COc1ccccc1OCc1nc2ccccc2n1CCCCOc1ccc(C(C)(C)C)cc1. The number of unbranched alkanes of at least 4 members (excludes halogenated alkanes) is 1. The van der Waals surface area contributed by atoms with Crippen LogP contribution in [-0.4, -0.2) is 23.3 Å². The first kappa shape index (κ1) is 23.7. The lowest BCUT2D eigenvalue weighted by Crippen LogP contribution is -2.10. The number of ether oxygens (including phenoxy) is 3. The summed E-state index contributed by atoms with van der Waals surface area (Å²) >= 11 is 0. The van der Waals surface area contributed by atoms with E-state index in [-0.39, 0.29) is 5.41 Å². The second-order valence-corrected chi connectivity index (χ2v) is 9.44. The Bertz CT molecular complexity index is 1210. The van der Waals surface area contributed by atoms with E-state index in [2.05, 4.69) is 61.7 Å². The number of hydrogen-bond donors (Lipinski definition) is 0. The van der Waals surface area contributed by atoms with Crippen molar-refractivity contribution in [3.8, 4) is 17.2 Å². The Hall–Kier alpha value is -3.47. The van der Waals surface area contributed by atoms with Crippen LogP contribution in [0.4, 0.5) is 0 Å². The molecule has 0 saturated heterocycles. The molecule has 0 radical (unpaired) electrons. The zero-order valence-corrected chi connectivity index (χ0v) is 20.6. The normalized spacial score (nSPS) is 11.5. The van der Waals surface area contributed by atoms with Crippen LogP contribution in [0.3, 0.4) is 0 Å². The fourth-order valence-electron chi connectivity index (χ4n) is 3.98. The molecule has 0 N–H and O–H groups in total. The Morgan fingerprint density at radius 2 is 1.50 bits per heavy atom. The third-order valence-electron chi connectivity index (χ3n) is 5.92. The first-order valence-corrected chi connectivity index (χ1v) is 11.9. The quantitative estimate of drug-likeness (QED) is 0.246. The minimum atomic E-state index is 0.152. The molecular weight excluding hydrogens is 424 g/mol. The van der Waals surface area contributed by atoms with Crippen molar-refractivity contribution in [3.05, 3.63) is 84.2 Å². The van der Waals surface area contributed by atoms with Crippen molar-refractivity contribution in [3.63, 3.8) is 0 Å². The van der Waals surface area contributed by atoms with Crippen LogP contribution in [0.5, 0.6) is 17.2 Å². The van der Waals surface area contributed by atoms with E-state index in [0.29, 0.717) is 13.2 Å². The van der Waals surface area contributed by atoms with Gasteiger partial charge in [0.1, 0.15) is 18.2 Å². The number of methoxy groups -OCH3 is 1. The van der Waals surface area contributed by atoms with E-state index in [1.165, 1.54) is 5.56 Å². The van der Waals surface area contributed by atoms with Crippen molar-refractivity contribution in [2.75, 3.05) is 13.7 Å². The number of fused-ring (bicyclic) bond motifs is 1. The van der Waals surface area contributed by atoms with Gasteiger partial charge in [0.2, 0.25) is 0 Å². The van der Waals surface area contributed by atoms with Gasteiger partial charge in [0.15, 0.2) is 11.5 Å². The van der Waals surface area contributed by atoms with Crippen molar-refractivity contribution in [2.24, 2.45) is 0 Å². The van der Waals surface area contributed by atoms with Gasteiger partial charge in [-0.1, -0.05) is 57.2 Å². The van der Waals surface area contributed by atoms with E-state index in [1.54, 1.807) is 7.11 Å². The summed E-state index contributed by atoms with van der Waals surface area (Å²) < 4.78 is 19.7. The molecule has 0 aliphatic heterocycles. The van der Waals surface area contributed by atoms with E-state index in [9.17, 15) is 0 Å². The largest absolute Gasteiger partial charge is 0.494 e. The van der Waals surface area contributed by atoms with Crippen LogP contribution in [0, 0.1) is 0 Å². The minimum Gasteiger partial charge on any atom is -0.494 e. The molecule has 1 heterocycles. The molecule has 0 amide bonds. The highest BCUT2D eigenvalue weighted by Gasteiger charge is 2.14. The summed E-state index contributed by atoms with van der Waals surface area (Å²) in [6, 6.07) is 24.4. The van der Waals surface area contributed by atoms with Crippen LogP contribution in [0.1, 0.15) is 45.0 Å². The molecule has 3 aromatic carbocycles. The number of nitrogens with zero attached hydrogens (tertiary/aromatic N) is 2. The Balaban J connectivity index is 1.36. The number of aromatic nitrogens is 2. The zero-order valence-electron chi connectivity index (χ0n) is 20.6. The van der Waals surface area contributed by atoms with Gasteiger partial charge in [-0.05, 0) is 60.2 Å². The highest BCUT2D eigenvalue weighted by molar-refractivity contribution is 5.75. The molecule has 0 atom stereocenters. The topological polar surface area (TPSA) is 45.5 Å². The molecule has 0 saturated carbocycles. The van der Waals surface area contributed by atoms with E-state index in [0.717, 1.165) is 53.5 Å². The molecular formula is C29H34N2O3. The van der Waals surface area contributed by atoms with Crippen molar-refractivity contribution >= 4 is 11.0 Å². The number of imidazole rings is 1. The first-order chi connectivity index (χ1) is 16.5. The summed E-state index contributed by atoms with van der Waals surface area (Å²) in [6.45, 7) is 8.59. The van der Waals surface area contributed by atoms with Gasteiger partial charge in [0.05, 0.1) is 24.8 Å². The lowest BCUT2D eigenvalue weighted by Gasteiger charge is -2.19. The van der Waals surface area contributed by atoms with Crippen LogP contribution < -0.4 is 14.2 Å². The summed E-state index contributed by atoms with van der Waals surface area (Å²) in [5, 5.41) is 0. The zero-order chi connectivity index (χ0) is 24.0. The molecule has 34 heavy (non-hydrogen) atoms. The number of rotatable bonds is 10. The maximum Gasteiger partial charge on any atom is 0.161 e. The van der Waals surface area contributed by atoms with Crippen molar-refractivity contribution in [2.45, 2.75) is 52.2 Å². The van der Waals surface area contributed by atoms with E-state index in [1.807, 2.05) is 36.4 Å². The Labute approximate surface area is 202 Å². The molecule has 0 unspecified atom stereocenters. The number of benzene rings is 3. The molecule has 0 spiro atoms. The van der Waals surface area contributed by atoms with Gasteiger partial charge in [-0.3, -0.25) is 0 Å². The standard InChI is InChI=1S/C29H34N2O3/c1-29(2,3)22-15-17-23(18-16-22)33-20-10-9-19-31-25-12-6-5-11-24(25)30-28(31)21-34-27-14-8-7-13-26(27)32-4/h5-8,11-18H,9-10,19-21H2,1-4H3. The molecule has 1 aromatic heterocycles. The lowest BCUT2D eigenvalue weighted by molar-refractivity contribution is 0.270. The summed E-state index contributed by atoms with van der Waals surface area (Å²) in [5.74, 6) is 3.27. The van der Waals surface area contributed by atoms with Crippen molar-refractivity contribution in [1.29, 1.82) is 0 Å². The number of aryl methyl sites for hydroxylation is 1. The molecule has 0 aliphatic carbocycles. The van der Waals surface area contributed by atoms with E-state index >= 15 is 0 Å². The highest BCUT2D eigenvalue weighted by atomic mass is 16.5. The van der Waals surface area contributed by atoms with Gasteiger partial charge in [-0.2, -0.15) is 0 Å². The average Bonchev–Trinajstić information content (AvgIpc) is 3.20. The Kier molecular flexibility index (Phi) is 7.41. The van der Waals surface area contributed by atoms with Gasteiger partial charge in [0, 0.05) is 6.54 Å². The maximum absolute atomic E-state index is 6.07. The maximum atomic E-state index is 6.07. The number of hydrogen-bond acceptors (Lipinski definition) is 4. The summed E-state index contributed by atoms with van der Waals surface area (Å²) in [4.78, 5) is 4.82. The Morgan fingerprint density at radius 3 is 2.24 bits per heavy atom. The second-order valence-electron chi connectivity index (χ2n) is 9.44. The summed E-state index contributed by atoms with van der Waals surface area (Å²) in [5.41, 5.74) is 3.57. The second kappa shape index (κ2) is 10.6. The summed E-state index contributed by atoms with van der Waals surface area (Å²) in [7, 11) is 1.65. The molecule has 178 valence electrons. The monoisotopic (exact) mass is 458 g/mol. The smallest absolute Gasteiger partial charge is 0.161 e. The minimum absolute atomic E-state index is 0.152. The molecule has 4 aromatic rings. The van der Waals surface area contributed by atoms with Crippen molar-refractivity contribution < 1.29 is 14.2 Å². The molecule has 5 heteroatoms. The molecule has 0 fully saturated rings. The van der Waals surface area contributed by atoms with Gasteiger partial charge in [0.25, 0.3) is 0 Å². The van der Waals surface area contributed by atoms with Crippen molar-refractivity contribution in [1.82, 2.24) is 9.55 Å². The average molecular weight is 459 g/mol. The van der Waals surface area contributed by atoms with Gasteiger partial charge in [-0.15, -0.1) is 0 Å². The fourth-order valence-corrected chi connectivity index (χ4v) is 3.98. The predicted molar refractivity (Wildman–Crippen MR) is 137 cm³/mol. The molecule has 5 nitrogen and oxygen atoms in total. The predicted octanol–water partition coefficient (Wildman–Crippen LogP) is 6.78. The first-order valence-electron chi connectivity index (χ1n) is 11.9. The molecule has 0 bridgehead atoms. The highest BCUT2D eigenvalue weighted by Crippen LogP contribution is 2.27. The van der Waals surface area contributed by atoms with Gasteiger partial charge in [-0.25, -0.2) is 4.98 Å². The van der Waals surface area contributed by atoms with Gasteiger partial charge >= 0.3 is 0 Å². The van der Waals surface area contributed by atoms with Crippen LogP contribution in [0.15, 0.2) is 72.8 Å². The fraction of sp³-hybridized carbons (Fsp3) is 0.345. The number of para-hydroxylation sites is 4. The molecule has 0 aliphatic rings. The Morgan fingerprint density at radius 1 is 0.794 bits per heavy atom. The van der Waals surface area contributed by atoms with Crippen LogP contribution in [0.25, 0.3) is 11.0 Å². The molecule has 4 rings (SSSR count). The van der Waals surface area contributed by atoms with Crippen LogP contribution in [0.2, 0.25) is 0 Å². The lowest BCUT2D eigenvalue weighted by atomic mass is 9.87.